The maximum Gasteiger partial charge on any atom is 0.223 e. The van der Waals surface area contributed by atoms with E-state index in [2.05, 4.69) is 10.3 Å². The van der Waals surface area contributed by atoms with E-state index in [0.717, 1.165) is 6.42 Å². The normalized spacial score (nSPS) is 39.9. The van der Waals surface area contributed by atoms with Gasteiger partial charge >= 0.3 is 0 Å². The number of aliphatic hydroxyl groups is 2. The van der Waals surface area contributed by atoms with Gasteiger partial charge in [-0.15, -0.1) is 0 Å². The van der Waals surface area contributed by atoms with Crippen molar-refractivity contribution in [3.8, 4) is 0 Å². The van der Waals surface area contributed by atoms with Crippen molar-refractivity contribution < 1.29 is 33.7 Å². The van der Waals surface area contributed by atoms with Crippen molar-refractivity contribution in [2.45, 2.75) is 109 Å². The maximum atomic E-state index is 15.7. The van der Waals surface area contributed by atoms with Gasteiger partial charge in [-0.25, -0.2) is 4.39 Å². The molecule has 0 spiro atoms. The number of hydrogen-bond donors (Lipinski definition) is 3. The number of nitrogens with one attached hydrogen (secondary N) is 1. The number of nitrogens with zero attached hydrogens (tertiary/aromatic N) is 1. The van der Waals surface area contributed by atoms with E-state index in [4.69, 9.17) is 9.47 Å². The van der Waals surface area contributed by atoms with Gasteiger partial charge < -0.3 is 25.0 Å². The summed E-state index contributed by atoms with van der Waals surface area (Å²) in [7, 11) is 0. The summed E-state index contributed by atoms with van der Waals surface area (Å²) in [4.78, 5) is 31.0. The molecule has 39 heavy (non-hydrogen) atoms. The molecule has 0 radical (unpaired) electrons. The molecule has 8 atom stereocenters. The average molecular weight is 547 g/mol. The van der Waals surface area contributed by atoms with Gasteiger partial charge in [-0.3, -0.25) is 14.6 Å². The summed E-state index contributed by atoms with van der Waals surface area (Å²) in [6.07, 6.45) is 2.78. The minimum atomic E-state index is -1.34. The molecule has 3 aliphatic heterocycles. The molecule has 0 saturated carbocycles. The van der Waals surface area contributed by atoms with Crippen LogP contribution in [0.5, 0.6) is 0 Å². The minimum Gasteiger partial charge on any atom is -0.392 e. The van der Waals surface area contributed by atoms with Crippen LogP contribution in [0.25, 0.3) is 6.08 Å². The van der Waals surface area contributed by atoms with Crippen molar-refractivity contribution in [2.24, 2.45) is 17.3 Å². The van der Waals surface area contributed by atoms with Crippen molar-refractivity contribution in [3.63, 3.8) is 0 Å². The third-order valence-corrected chi connectivity index (χ3v) is 9.26. The number of fused-ring (bicyclic) bond motifs is 1. The highest BCUT2D eigenvalue weighted by Crippen LogP contribution is 2.56. The number of ether oxygens (including phenoxy) is 2. The summed E-state index contributed by atoms with van der Waals surface area (Å²) in [5.74, 6) is -2.45. The molecule has 0 aliphatic carbocycles. The number of rotatable bonds is 4. The van der Waals surface area contributed by atoms with Crippen LogP contribution in [0.3, 0.4) is 0 Å². The molecule has 4 rings (SSSR count). The zero-order valence-electron chi connectivity index (χ0n) is 23.7. The Morgan fingerprint density at radius 2 is 1.97 bits per heavy atom. The lowest BCUT2D eigenvalue weighted by Crippen LogP contribution is -2.50. The Kier molecular flexibility index (Phi) is 8.67. The van der Waals surface area contributed by atoms with Crippen molar-refractivity contribution in [1.29, 1.82) is 0 Å². The van der Waals surface area contributed by atoms with Crippen LogP contribution in [0.15, 0.2) is 30.2 Å². The quantitative estimate of drug-likeness (QED) is 0.492. The van der Waals surface area contributed by atoms with Gasteiger partial charge in [0, 0.05) is 12.6 Å². The second kappa shape index (κ2) is 11.4. The smallest absolute Gasteiger partial charge is 0.223 e. The molecule has 3 aliphatic rings. The van der Waals surface area contributed by atoms with Crippen LogP contribution >= 0.6 is 0 Å². The summed E-state index contributed by atoms with van der Waals surface area (Å²) >= 11 is 0. The lowest BCUT2D eigenvalue weighted by Gasteiger charge is -2.35. The number of Topliss-reactive ketones (excluding diaryl/α,β-unsaturated/α-hetero) is 1. The summed E-state index contributed by atoms with van der Waals surface area (Å²) in [6, 6.07) is 4.18. The van der Waals surface area contributed by atoms with Crippen LogP contribution in [-0.4, -0.2) is 69.1 Å². The van der Waals surface area contributed by atoms with E-state index >= 15 is 4.39 Å². The highest BCUT2D eigenvalue weighted by Gasteiger charge is 2.65. The van der Waals surface area contributed by atoms with E-state index in [9.17, 15) is 19.8 Å². The number of carbonyl (C=O) groups is 2. The molecule has 3 saturated heterocycles. The minimum absolute atomic E-state index is 0.183. The first-order valence-electron chi connectivity index (χ1n) is 14.1. The summed E-state index contributed by atoms with van der Waals surface area (Å²) in [5.41, 5.74) is -2.04. The van der Waals surface area contributed by atoms with Crippen molar-refractivity contribution >= 4 is 17.8 Å². The largest absolute Gasteiger partial charge is 0.392 e. The van der Waals surface area contributed by atoms with Gasteiger partial charge in [0.05, 0.1) is 65.6 Å². The first-order chi connectivity index (χ1) is 18.3. The predicted octanol–water partition coefficient (Wildman–Crippen LogP) is 3.75. The van der Waals surface area contributed by atoms with Crippen LogP contribution < -0.4 is 5.32 Å². The molecular formula is C30H43FN2O6. The molecule has 8 nitrogen and oxygen atoms in total. The fraction of sp³-hybridized carbons (Fsp3) is 0.700. The Bertz CT molecular complexity index is 1080. The first-order valence-corrected chi connectivity index (χ1v) is 14.1. The van der Waals surface area contributed by atoms with Gasteiger partial charge in [0.15, 0.2) is 0 Å². The molecule has 216 valence electrons. The molecule has 3 N–H and O–H groups in total. The van der Waals surface area contributed by atoms with Gasteiger partial charge in [0.1, 0.15) is 11.6 Å². The highest BCUT2D eigenvalue weighted by molar-refractivity contribution is 5.89. The monoisotopic (exact) mass is 546 g/mol. The van der Waals surface area contributed by atoms with Crippen molar-refractivity contribution in [1.82, 2.24) is 10.3 Å². The Morgan fingerprint density at radius 1 is 1.26 bits per heavy atom. The molecule has 1 amide bonds. The number of aliphatic hydroxyl groups excluding tert-OH is 2. The number of aromatic nitrogens is 1. The summed E-state index contributed by atoms with van der Waals surface area (Å²) < 4.78 is 27.4. The van der Waals surface area contributed by atoms with Crippen LogP contribution in [0.2, 0.25) is 0 Å². The number of ketones is 1. The number of hydrogen-bond acceptors (Lipinski definition) is 7. The van der Waals surface area contributed by atoms with E-state index in [-0.39, 0.29) is 18.1 Å². The second-order valence-corrected chi connectivity index (χ2v) is 12.4. The standard InChI is InChI=1S/C30H43FN2O6/c1-6-30-16-21(20(31)14-19-11-7-8-13-32-19)33-24(35)15-23(34)28(3,4)27(37)25(22-17-38-22)26(36)18(2)10-9-12-29(30,5)39-30/h7-8,11,13-14,18,21-23,25-26,34,36H,6,9-10,12,15-17H2,1-5H3,(H,33,35)/t18-,21-,22?,23-,25-,26+,29?,30?/m0/s1. The molecule has 1 aromatic heterocycles. The van der Waals surface area contributed by atoms with Crippen LogP contribution in [0.1, 0.15) is 78.8 Å². The molecular weight excluding hydrogens is 503 g/mol. The summed E-state index contributed by atoms with van der Waals surface area (Å²) in [5, 5.41) is 25.0. The summed E-state index contributed by atoms with van der Waals surface area (Å²) in [6.45, 7) is 9.46. The van der Waals surface area contributed by atoms with E-state index in [1.165, 1.54) is 6.08 Å². The molecule has 0 aromatic carbocycles. The average Bonchev–Trinajstić information content (AvgIpc) is 3.81. The zero-order chi connectivity index (χ0) is 28.6. The number of pyridine rings is 1. The SMILES string of the molecule is CCC12C[C@@H](C(F)=Cc3ccccn3)NC(=O)C[C@H](O)C(C)(C)C(=O)[C@@H](C3CO3)[C@H](O)[C@@H](C)CCCC1(C)O2. The van der Waals surface area contributed by atoms with E-state index < -0.39 is 65.0 Å². The third-order valence-electron chi connectivity index (χ3n) is 9.26. The Labute approximate surface area is 230 Å². The van der Waals surface area contributed by atoms with Gasteiger partial charge in [0.2, 0.25) is 5.91 Å². The molecule has 4 heterocycles. The number of carbonyl (C=O) groups excluding carboxylic acids is 2. The van der Waals surface area contributed by atoms with Gasteiger partial charge in [-0.05, 0) is 50.3 Å². The lowest BCUT2D eigenvalue weighted by molar-refractivity contribution is -0.145. The molecule has 3 unspecified atom stereocenters. The fourth-order valence-corrected chi connectivity index (χ4v) is 6.15. The topological polar surface area (TPSA) is 125 Å². The van der Waals surface area contributed by atoms with Crippen LogP contribution in [0, 0.1) is 17.3 Å². The Morgan fingerprint density at radius 3 is 2.59 bits per heavy atom. The maximum absolute atomic E-state index is 15.7. The zero-order valence-corrected chi connectivity index (χ0v) is 23.7. The Hall–Kier alpha value is -2.20. The molecule has 1 aromatic rings. The van der Waals surface area contributed by atoms with E-state index in [1.54, 1.807) is 38.2 Å². The second-order valence-electron chi connectivity index (χ2n) is 12.4. The van der Waals surface area contributed by atoms with Gasteiger partial charge in [0.25, 0.3) is 0 Å². The first kappa shape index (κ1) is 29.8. The fourth-order valence-electron chi connectivity index (χ4n) is 6.15. The molecule has 9 heteroatoms. The Balaban J connectivity index is 1.65. The van der Waals surface area contributed by atoms with E-state index in [0.29, 0.717) is 31.6 Å². The highest BCUT2D eigenvalue weighted by atomic mass is 19.1. The van der Waals surface area contributed by atoms with Crippen LogP contribution in [-0.2, 0) is 19.1 Å². The predicted molar refractivity (Wildman–Crippen MR) is 144 cm³/mol. The van der Waals surface area contributed by atoms with Crippen molar-refractivity contribution in [3.05, 3.63) is 35.9 Å². The van der Waals surface area contributed by atoms with Gasteiger partial charge in [-0.1, -0.05) is 40.2 Å². The van der Waals surface area contributed by atoms with E-state index in [1.807, 2.05) is 20.8 Å². The van der Waals surface area contributed by atoms with Crippen LogP contribution in [0.4, 0.5) is 4.39 Å². The molecule has 0 bridgehead atoms. The number of halogens is 1. The third kappa shape index (κ3) is 6.26. The lowest BCUT2D eigenvalue weighted by atomic mass is 9.71. The van der Waals surface area contributed by atoms with Crippen molar-refractivity contribution in [2.75, 3.05) is 6.61 Å². The van der Waals surface area contributed by atoms with Gasteiger partial charge in [-0.2, -0.15) is 0 Å². The number of epoxide rings is 2. The number of amides is 1. The molecule has 3 fully saturated rings.